The first kappa shape index (κ1) is 15.5. The first-order chi connectivity index (χ1) is 9.78. The Balaban J connectivity index is 1.74. The summed E-state index contributed by atoms with van der Waals surface area (Å²) in [6, 6.07) is 8.94. The zero-order valence-corrected chi connectivity index (χ0v) is 12.9. The predicted octanol–water partition coefficient (Wildman–Crippen LogP) is 2.44. The maximum absolute atomic E-state index is 5.07. The average Bonchev–Trinajstić information content (AvgIpc) is 2.47. The molecule has 1 heterocycles. The average molecular weight is 276 g/mol. The Kier molecular flexibility index (Phi) is 6.51. The van der Waals surface area contributed by atoms with Gasteiger partial charge >= 0.3 is 0 Å². The Morgan fingerprint density at radius 1 is 1.30 bits per heavy atom. The summed E-state index contributed by atoms with van der Waals surface area (Å²) in [6.07, 6.45) is 2.67. The van der Waals surface area contributed by atoms with Gasteiger partial charge in [-0.1, -0.05) is 29.8 Å². The Labute approximate surface area is 123 Å². The van der Waals surface area contributed by atoms with Crippen LogP contribution in [0, 0.1) is 12.8 Å². The highest BCUT2D eigenvalue weighted by Gasteiger charge is 2.19. The van der Waals surface area contributed by atoms with E-state index in [4.69, 9.17) is 4.74 Å². The van der Waals surface area contributed by atoms with Crippen LogP contribution in [0.4, 0.5) is 0 Å². The molecule has 1 N–H and O–H groups in total. The summed E-state index contributed by atoms with van der Waals surface area (Å²) in [5.74, 6) is 0.783. The van der Waals surface area contributed by atoms with E-state index < -0.39 is 0 Å². The fourth-order valence-corrected chi connectivity index (χ4v) is 2.89. The van der Waals surface area contributed by atoms with Crippen LogP contribution >= 0.6 is 0 Å². The maximum atomic E-state index is 5.07. The van der Waals surface area contributed by atoms with E-state index in [1.807, 2.05) is 0 Å². The fraction of sp³-hybridized carbons (Fsp3) is 0.647. The summed E-state index contributed by atoms with van der Waals surface area (Å²) in [6.45, 7) is 8.58. The van der Waals surface area contributed by atoms with Gasteiger partial charge in [-0.15, -0.1) is 0 Å². The van der Waals surface area contributed by atoms with Crippen molar-refractivity contribution in [1.82, 2.24) is 10.2 Å². The standard InChI is InChI=1S/C17H28N2O/c1-15-5-7-16(8-6-15)13-19-10-3-4-17(14-19)12-18-9-11-20-2/h5-8,17-18H,3-4,9-14H2,1-2H3. The molecule has 1 aliphatic heterocycles. The highest BCUT2D eigenvalue weighted by molar-refractivity contribution is 5.21. The Hall–Kier alpha value is -0.900. The molecule has 2 rings (SSSR count). The molecule has 1 aromatic carbocycles. The fourth-order valence-electron chi connectivity index (χ4n) is 2.89. The molecule has 1 aromatic rings. The SMILES string of the molecule is COCCNCC1CCCN(Cc2ccc(C)cc2)C1. The van der Waals surface area contributed by atoms with Gasteiger partial charge in [-0.3, -0.25) is 4.90 Å². The van der Waals surface area contributed by atoms with Crippen molar-refractivity contribution < 1.29 is 4.74 Å². The largest absolute Gasteiger partial charge is 0.383 e. The van der Waals surface area contributed by atoms with Crippen LogP contribution in [0.1, 0.15) is 24.0 Å². The van der Waals surface area contributed by atoms with Crippen molar-refractivity contribution in [3.8, 4) is 0 Å². The van der Waals surface area contributed by atoms with E-state index in [0.717, 1.165) is 32.2 Å². The van der Waals surface area contributed by atoms with Crippen LogP contribution in [-0.2, 0) is 11.3 Å². The number of methoxy groups -OCH3 is 1. The highest BCUT2D eigenvalue weighted by Crippen LogP contribution is 2.18. The monoisotopic (exact) mass is 276 g/mol. The molecule has 0 saturated carbocycles. The van der Waals surface area contributed by atoms with Crippen LogP contribution in [0.25, 0.3) is 0 Å². The van der Waals surface area contributed by atoms with E-state index in [1.165, 1.54) is 37.1 Å². The third-order valence-electron chi connectivity index (χ3n) is 4.05. The maximum Gasteiger partial charge on any atom is 0.0587 e. The minimum atomic E-state index is 0.783. The van der Waals surface area contributed by atoms with Gasteiger partial charge in [-0.05, 0) is 44.3 Å². The van der Waals surface area contributed by atoms with Gasteiger partial charge < -0.3 is 10.1 Å². The number of rotatable bonds is 7. The van der Waals surface area contributed by atoms with Gasteiger partial charge in [-0.25, -0.2) is 0 Å². The zero-order chi connectivity index (χ0) is 14.2. The van der Waals surface area contributed by atoms with Crippen molar-refractivity contribution >= 4 is 0 Å². The van der Waals surface area contributed by atoms with E-state index >= 15 is 0 Å². The van der Waals surface area contributed by atoms with E-state index in [1.54, 1.807) is 7.11 Å². The van der Waals surface area contributed by atoms with Crippen molar-refractivity contribution in [1.29, 1.82) is 0 Å². The van der Waals surface area contributed by atoms with Crippen LogP contribution in [0.5, 0.6) is 0 Å². The highest BCUT2D eigenvalue weighted by atomic mass is 16.5. The summed E-state index contributed by atoms with van der Waals surface area (Å²) >= 11 is 0. The molecule has 0 amide bonds. The molecule has 1 fully saturated rings. The van der Waals surface area contributed by atoms with Crippen molar-refractivity contribution in [2.75, 3.05) is 39.9 Å². The summed E-state index contributed by atoms with van der Waals surface area (Å²) in [5.41, 5.74) is 2.77. The second kappa shape index (κ2) is 8.40. The third kappa shape index (κ3) is 5.23. The van der Waals surface area contributed by atoms with Gasteiger partial charge in [-0.2, -0.15) is 0 Å². The van der Waals surface area contributed by atoms with Crippen LogP contribution in [0.3, 0.4) is 0 Å². The van der Waals surface area contributed by atoms with Crippen LogP contribution in [0.2, 0.25) is 0 Å². The van der Waals surface area contributed by atoms with Crippen molar-refractivity contribution in [2.45, 2.75) is 26.3 Å². The van der Waals surface area contributed by atoms with Crippen LogP contribution in [-0.4, -0.2) is 44.8 Å². The zero-order valence-electron chi connectivity index (χ0n) is 12.9. The lowest BCUT2D eigenvalue weighted by atomic mass is 9.97. The number of likely N-dealkylation sites (tertiary alicyclic amines) is 1. The number of nitrogens with zero attached hydrogens (tertiary/aromatic N) is 1. The number of nitrogens with one attached hydrogen (secondary N) is 1. The van der Waals surface area contributed by atoms with Gasteiger partial charge in [0.25, 0.3) is 0 Å². The molecule has 0 bridgehead atoms. The second-order valence-electron chi connectivity index (χ2n) is 5.93. The Morgan fingerprint density at radius 2 is 2.10 bits per heavy atom. The van der Waals surface area contributed by atoms with Gasteiger partial charge in [0.15, 0.2) is 0 Å². The molecule has 3 heteroatoms. The topological polar surface area (TPSA) is 24.5 Å². The Morgan fingerprint density at radius 3 is 2.85 bits per heavy atom. The molecule has 0 aromatic heterocycles. The smallest absolute Gasteiger partial charge is 0.0587 e. The lowest BCUT2D eigenvalue weighted by molar-refractivity contribution is 0.159. The minimum Gasteiger partial charge on any atom is -0.383 e. The second-order valence-corrected chi connectivity index (χ2v) is 5.93. The lowest BCUT2D eigenvalue weighted by Gasteiger charge is -2.33. The number of hydrogen-bond donors (Lipinski definition) is 1. The number of aryl methyl sites for hydroxylation is 1. The molecule has 0 spiro atoms. The van der Waals surface area contributed by atoms with Gasteiger partial charge in [0, 0.05) is 26.7 Å². The molecule has 0 radical (unpaired) electrons. The van der Waals surface area contributed by atoms with Crippen LogP contribution < -0.4 is 5.32 Å². The lowest BCUT2D eigenvalue weighted by Crippen LogP contribution is -2.39. The summed E-state index contributed by atoms with van der Waals surface area (Å²) < 4.78 is 5.07. The number of piperidine rings is 1. The molecule has 1 aliphatic rings. The molecular formula is C17H28N2O. The van der Waals surface area contributed by atoms with Crippen LogP contribution in [0.15, 0.2) is 24.3 Å². The number of ether oxygens (including phenoxy) is 1. The van der Waals surface area contributed by atoms with Gasteiger partial charge in [0.05, 0.1) is 6.61 Å². The number of benzene rings is 1. The molecule has 0 aliphatic carbocycles. The molecule has 20 heavy (non-hydrogen) atoms. The minimum absolute atomic E-state index is 0.783. The predicted molar refractivity (Wildman–Crippen MR) is 83.9 cm³/mol. The van der Waals surface area contributed by atoms with Crippen molar-refractivity contribution in [2.24, 2.45) is 5.92 Å². The van der Waals surface area contributed by atoms with E-state index in [0.29, 0.717) is 0 Å². The van der Waals surface area contributed by atoms with E-state index in [-0.39, 0.29) is 0 Å². The van der Waals surface area contributed by atoms with Crippen molar-refractivity contribution in [3.05, 3.63) is 35.4 Å². The van der Waals surface area contributed by atoms with Gasteiger partial charge in [0.2, 0.25) is 0 Å². The first-order valence-electron chi connectivity index (χ1n) is 7.75. The summed E-state index contributed by atoms with van der Waals surface area (Å²) in [4.78, 5) is 2.59. The first-order valence-corrected chi connectivity index (χ1v) is 7.75. The Bertz CT molecular complexity index is 377. The summed E-state index contributed by atoms with van der Waals surface area (Å²) in [5, 5.41) is 3.50. The molecular weight excluding hydrogens is 248 g/mol. The third-order valence-corrected chi connectivity index (χ3v) is 4.05. The molecule has 1 atom stereocenters. The van der Waals surface area contributed by atoms with E-state index in [9.17, 15) is 0 Å². The molecule has 1 unspecified atom stereocenters. The molecule has 112 valence electrons. The molecule has 3 nitrogen and oxygen atoms in total. The molecule has 1 saturated heterocycles. The van der Waals surface area contributed by atoms with E-state index in [2.05, 4.69) is 41.4 Å². The number of hydrogen-bond acceptors (Lipinski definition) is 3. The normalized spacial score (nSPS) is 20.2. The summed E-state index contributed by atoms with van der Waals surface area (Å²) in [7, 11) is 1.76. The van der Waals surface area contributed by atoms with Gasteiger partial charge in [0.1, 0.15) is 0 Å². The quantitative estimate of drug-likeness (QED) is 0.774. The van der Waals surface area contributed by atoms with Crippen molar-refractivity contribution in [3.63, 3.8) is 0 Å².